The zero-order chi connectivity index (χ0) is 19.2. The highest BCUT2D eigenvalue weighted by Gasteiger charge is 2.09. The molecule has 0 fully saturated rings. The van der Waals surface area contributed by atoms with Crippen molar-refractivity contribution in [3.8, 4) is 0 Å². The molecule has 3 rings (SSSR count). The number of nitro groups is 1. The van der Waals surface area contributed by atoms with Crippen LogP contribution >= 0.6 is 12.2 Å². The average Bonchev–Trinajstić information content (AvgIpc) is 2.69. The number of carbonyl (C=O) groups excluding carboxylic acids is 1. The minimum Gasteiger partial charge on any atom is -0.332 e. The summed E-state index contributed by atoms with van der Waals surface area (Å²) in [6.45, 7) is 0. The Morgan fingerprint density at radius 2 is 1.26 bits per heavy atom. The highest BCUT2D eigenvalue weighted by molar-refractivity contribution is 7.80. The quantitative estimate of drug-likeness (QED) is 0.292. The van der Waals surface area contributed by atoms with Gasteiger partial charge in [-0.2, -0.15) is 0 Å². The third kappa shape index (κ3) is 4.74. The number of non-ortho nitro benzene ring substituents is 1. The van der Waals surface area contributed by atoms with Crippen LogP contribution in [0.15, 0.2) is 78.9 Å². The van der Waals surface area contributed by atoms with E-state index in [9.17, 15) is 14.9 Å². The Labute approximate surface area is 161 Å². The van der Waals surface area contributed by atoms with Crippen LogP contribution in [-0.2, 0) is 0 Å². The van der Waals surface area contributed by atoms with Crippen LogP contribution in [-0.4, -0.2) is 15.8 Å². The zero-order valence-corrected chi connectivity index (χ0v) is 14.9. The summed E-state index contributed by atoms with van der Waals surface area (Å²) in [6.07, 6.45) is 0. The topological polar surface area (TPSA) is 84.3 Å². The fourth-order valence-electron chi connectivity index (χ4n) is 2.42. The summed E-state index contributed by atoms with van der Waals surface area (Å²) in [5.41, 5.74) is 2.58. The fraction of sp³-hybridized carbons (Fsp3) is 0. The Morgan fingerprint density at radius 1 is 0.778 bits per heavy atom. The lowest BCUT2D eigenvalue weighted by atomic mass is 10.0. The summed E-state index contributed by atoms with van der Waals surface area (Å²) in [5.74, 6) is -0.0475. The van der Waals surface area contributed by atoms with Crippen LogP contribution in [0.1, 0.15) is 15.9 Å². The Kier molecular flexibility index (Phi) is 5.53. The molecule has 0 aliphatic carbocycles. The van der Waals surface area contributed by atoms with Crippen LogP contribution in [0.4, 0.5) is 17.1 Å². The number of hydrogen-bond acceptors (Lipinski definition) is 4. The summed E-state index contributed by atoms with van der Waals surface area (Å²) in [4.78, 5) is 22.6. The summed E-state index contributed by atoms with van der Waals surface area (Å²) < 4.78 is 0. The van der Waals surface area contributed by atoms with Crippen molar-refractivity contribution < 1.29 is 9.72 Å². The number of nitrogens with zero attached hydrogens (tertiary/aromatic N) is 1. The van der Waals surface area contributed by atoms with Crippen molar-refractivity contribution in [2.45, 2.75) is 0 Å². The van der Waals surface area contributed by atoms with Crippen LogP contribution in [0.5, 0.6) is 0 Å². The summed E-state index contributed by atoms with van der Waals surface area (Å²) in [5, 5.41) is 17.0. The third-order valence-electron chi connectivity index (χ3n) is 3.78. The third-order valence-corrected chi connectivity index (χ3v) is 3.98. The summed E-state index contributed by atoms with van der Waals surface area (Å²) >= 11 is 5.24. The molecule has 6 nitrogen and oxygen atoms in total. The molecule has 3 aromatic rings. The molecular formula is C20H15N3O3S. The highest BCUT2D eigenvalue weighted by atomic mass is 32.1. The number of ketones is 1. The van der Waals surface area contributed by atoms with Gasteiger partial charge in [0, 0.05) is 34.6 Å². The number of thiocarbonyl (C=S) groups is 1. The Morgan fingerprint density at radius 3 is 1.78 bits per heavy atom. The molecule has 0 unspecified atom stereocenters. The highest BCUT2D eigenvalue weighted by Crippen LogP contribution is 2.17. The van der Waals surface area contributed by atoms with Gasteiger partial charge >= 0.3 is 0 Å². The molecule has 7 heteroatoms. The van der Waals surface area contributed by atoms with Gasteiger partial charge in [0.15, 0.2) is 10.9 Å². The van der Waals surface area contributed by atoms with Gasteiger partial charge in [0.2, 0.25) is 0 Å². The zero-order valence-electron chi connectivity index (χ0n) is 14.1. The summed E-state index contributed by atoms with van der Waals surface area (Å²) in [6, 6.07) is 22.0. The Bertz CT molecular complexity index is 972. The molecule has 134 valence electrons. The molecule has 0 aliphatic rings. The number of hydrogen-bond donors (Lipinski definition) is 2. The van der Waals surface area contributed by atoms with Crippen molar-refractivity contribution >= 4 is 40.2 Å². The van der Waals surface area contributed by atoms with E-state index >= 15 is 0 Å². The molecule has 0 heterocycles. The molecule has 0 aromatic heterocycles. The smallest absolute Gasteiger partial charge is 0.269 e. The van der Waals surface area contributed by atoms with Crippen LogP contribution in [0, 0.1) is 10.1 Å². The van der Waals surface area contributed by atoms with Crippen molar-refractivity contribution in [2.75, 3.05) is 10.6 Å². The molecule has 27 heavy (non-hydrogen) atoms. The number of benzene rings is 3. The minimum atomic E-state index is -0.460. The van der Waals surface area contributed by atoms with Crippen LogP contribution in [0.2, 0.25) is 0 Å². The van der Waals surface area contributed by atoms with E-state index in [0.717, 1.165) is 5.69 Å². The molecule has 0 saturated carbocycles. The molecule has 0 aliphatic heterocycles. The van der Waals surface area contributed by atoms with E-state index in [1.165, 1.54) is 12.1 Å². The van der Waals surface area contributed by atoms with Crippen molar-refractivity contribution in [2.24, 2.45) is 0 Å². The lowest BCUT2D eigenvalue weighted by molar-refractivity contribution is -0.384. The van der Waals surface area contributed by atoms with E-state index in [1.807, 2.05) is 18.2 Å². The maximum absolute atomic E-state index is 12.4. The molecule has 0 spiro atoms. The van der Waals surface area contributed by atoms with Gasteiger partial charge in [0.05, 0.1) is 4.92 Å². The Hall–Kier alpha value is -3.58. The molecule has 0 amide bonds. The van der Waals surface area contributed by atoms with E-state index in [2.05, 4.69) is 10.6 Å². The molecule has 3 aromatic carbocycles. The van der Waals surface area contributed by atoms with E-state index in [1.54, 1.807) is 48.5 Å². The monoisotopic (exact) mass is 377 g/mol. The number of nitro benzene ring substituents is 1. The maximum atomic E-state index is 12.4. The second-order valence-corrected chi connectivity index (χ2v) is 6.06. The maximum Gasteiger partial charge on any atom is 0.269 e. The van der Waals surface area contributed by atoms with Crippen molar-refractivity contribution in [3.63, 3.8) is 0 Å². The largest absolute Gasteiger partial charge is 0.332 e. The van der Waals surface area contributed by atoms with Gasteiger partial charge in [-0.15, -0.1) is 0 Å². The van der Waals surface area contributed by atoms with E-state index < -0.39 is 4.92 Å². The first-order valence-electron chi connectivity index (χ1n) is 8.05. The standard InChI is InChI=1S/C20H15N3O3S/c24-19(14-4-2-1-3-5-14)15-6-8-16(9-7-15)21-20(27)22-17-10-12-18(13-11-17)23(25)26/h1-13H,(H2,21,22,27). The number of nitrogens with one attached hydrogen (secondary N) is 2. The predicted molar refractivity (Wildman–Crippen MR) is 109 cm³/mol. The van der Waals surface area contributed by atoms with Gasteiger partial charge < -0.3 is 10.6 Å². The van der Waals surface area contributed by atoms with E-state index in [4.69, 9.17) is 12.2 Å². The minimum absolute atomic E-state index is 0.0121. The van der Waals surface area contributed by atoms with E-state index in [0.29, 0.717) is 21.9 Å². The molecule has 0 radical (unpaired) electrons. The number of rotatable bonds is 5. The first-order chi connectivity index (χ1) is 13.0. The second kappa shape index (κ2) is 8.20. The molecule has 2 N–H and O–H groups in total. The van der Waals surface area contributed by atoms with Crippen LogP contribution in [0.3, 0.4) is 0 Å². The van der Waals surface area contributed by atoms with Gasteiger partial charge in [-0.3, -0.25) is 14.9 Å². The van der Waals surface area contributed by atoms with Gasteiger partial charge in [-0.1, -0.05) is 30.3 Å². The van der Waals surface area contributed by atoms with Crippen LogP contribution < -0.4 is 10.6 Å². The summed E-state index contributed by atoms with van der Waals surface area (Å²) in [7, 11) is 0. The Balaban J connectivity index is 1.61. The molecule has 0 saturated heterocycles. The van der Waals surface area contributed by atoms with Crippen molar-refractivity contribution in [1.82, 2.24) is 0 Å². The fourth-order valence-corrected chi connectivity index (χ4v) is 2.66. The first kappa shape index (κ1) is 18.2. The van der Waals surface area contributed by atoms with Crippen molar-refractivity contribution in [3.05, 3.63) is 100 Å². The van der Waals surface area contributed by atoms with E-state index in [-0.39, 0.29) is 11.5 Å². The number of anilines is 2. The average molecular weight is 377 g/mol. The lowest BCUT2D eigenvalue weighted by Crippen LogP contribution is -2.19. The van der Waals surface area contributed by atoms with Gasteiger partial charge in [-0.05, 0) is 48.6 Å². The second-order valence-electron chi connectivity index (χ2n) is 5.66. The molecule has 0 bridgehead atoms. The van der Waals surface area contributed by atoms with Crippen LogP contribution in [0.25, 0.3) is 0 Å². The normalized spacial score (nSPS) is 10.1. The van der Waals surface area contributed by atoms with Gasteiger partial charge in [0.25, 0.3) is 5.69 Å². The SMILES string of the molecule is O=C(c1ccccc1)c1ccc(NC(=S)Nc2ccc([N+](=O)[O-])cc2)cc1. The van der Waals surface area contributed by atoms with Crippen molar-refractivity contribution in [1.29, 1.82) is 0 Å². The molecule has 0 atom stereocenters. The number of carbonyl (C=O) groups is 1. The van der Waals surface area contributed by atoms with Gasteiger partial charge in [0.1, 0.15) is 0 Å². The first-order valence-corrected chi connectivity index (χ1v) is 8.46. The van der Waals surface area contributed by atoms with Gasteiger partial charge in [-0.25, -0.2) is 0 Å². The molecular weight excluding hydrogens is 362 g/mol. The lowest BCUT2D eigenvalue weighted by Gasteiger charge is -2.11. The predicted octanol–water partition coefficient (Wildman–Crippen LogP) is 4.63.